The van der Waals surface area contributed by atoms with Gasteiger partial charge in [-0.1, -0.05) is 13.3 Å². The monoisotopic (exact) mass is 223 g/mol. The van der Waals surface area contributed by atoms with Gasteiger partial charge in [0.25, 0.3) is 0 Å². The van der Waals surface area contributed by atoms with Crippen molar-refractivity contribution in [3.8, 4) is 12.3 Å². The SMILES string of the molecule is C#CCCCN1CCC(CCC)(C(=O)O)C1. The molecule has 90 valence electrons. The van der Waals surface area contributed by atoms with Crippen molar-refractivity contribution in [3.63, 3.8) is 0 Å². The molecule has 0 aromatic heterocycles. The van der Waals surface area contributed by atoms with Gasteiger partial charge in [0.1, 0.15) is 0 Å². The zero-order chi connectivity index (χ0) is 12.0. The number of carboxylic acids is 1. The van der Waals surface area contributed by atoms with E-state index in [0.717, 1.165) is 45.2 Å². The Morgan fingerprint density at radius 3 is 2.94 bits per heavy atom. The van der Waals surface area contributed by atoms with Gasteiger partial charge in [0.05, 0.1) is 5.41 Å². The Kier molecular flexibility index (Phi) is 4.82. The van der Waals surface area contributed by atoms with Crippen LogP contribution in [0.15, 0.2) is 0 Å². The summed E-state index contributed by atoms with van der Waals surface area (Å²) in [6.45, 7) is 4.58. The van der Waals surface area contributed by atoms with Gasteiger partial charge in [-0.25, -0.2) is 0 Å². The predicted molar refractivity (Wildman–Crippen MR) is 64.1 cm³/mol. The minimum absolute atomic E-state index is 0.495. The van der Waals surface area contributed by atoms with Gasteiger partial charge in [-0.05, 0) is 32.4 Å². The number of carboxylic acid groups (broad SMARTS) is 1. The van der Waals surface area contributed by atoms with Gasteiger partial charge < -0.3 is 10.0 Å². The standard InChI is InChI=1S/C13H21NO2/c1-3-5-6-9-14-10-8-13(11-14,7-4-2)12(15)16/h1H,4-11H2,2H3,(H,15,16). The highest BCUT2D eigenvalue weighted by molar-refractivity contribution is 5.75. The molecule has 16 heavy (non-hydrogen) atoms. The van der Waals surface area contributed by atoms with Crippen LogP contribution in [0.1, 0.15) is 39.0 Å². The summed E-state index contributed by atoms with van der Waals surface area (Å²) in [7, 11) is 0. The lowest BCUT2D eigenvalue weighted by atomic mass is 9.83. The molecule has 1 aliphatic rings. The number of carbonyl (C=O) groups is 1. The minimum Gasteiger partial charge on any atom is -0.481 e. The zero-order valence-electron chi connectivity index (χ0n) is 10.0. The summed E-state index contributed by atoms with van der Waals surface area (Å²) >= 11 is 0. The second-order valence-corrected chi connectivity index (χ2v) is 4.67. The van der Waals surface area contributed by atoms with Crippen LogP contribution in [0.4, 0.5) is 0 Å². The number of hydrogen-bond acceptors (Lipinski definition) is 2. The normalized spacial score (nSPS) is 25.5. The molecule has 0 aromatic carbocycles. The van der Waals surface area contributed by atoms with E-state index in [9.17, 15) is 9.90 Å². The molecular weight excluding hydrogens is 202 g/mol. The van der Waals surface area contributed by atoms with Crippen molar-refractivity contribution in [3.05, 3.63) is 0 Å². The molecule has 0 saturated carbocycles. The lowest BCUT2D eigenvalue weighted by Crippen LogP contribution is -2.34. The molecule has 3 nitrogen and oxygen atoms in total. The second kappa shape index (κ2) is 5.91. The molecule has 3 heteroatoms. The third kappa shape index (κ3) is 2.99. The van der Waals surface area contributed by atoms with E-state index in [-0.39, 0.29) is 0 Å². The number of unbranched alkanes of at least 4 members (excludes halogenated alkanes) is 1. The van der Waals surface area contributed by atoms with Gasteiger partial charge in [0, 0.05) is 13.0 Å². The summed E-state index contributed by atoms with van der Waals surface area (Å²) in [6.07, 6.45) is 9.46. The fraction of sp³-hybridized carbons (Fsp3) is 0.769. The van der Waals surface area contributed by atoms with E-state index in [1.165, 1.54) is 0 Å². The van der Waals surface area contributed by atoms with Crippen LogP contribution in [0.3, 0.4) is 0 Å². The fourth-order valence-electron chi connectivity index (χ4n) is 2.52. The Balaban J connectivity index is 2.47. The van der Waals surface area contributed by atoms with Gasteiger partial charge in [-0.15, -0.1) is 12.3 Å². The van der Waals surface area contributed by atoms with Gasteiger partial charge in [0.2, 0.25) is 0 Å². The number of aliphatic carboxylic acids is 1. The first kappa shape index (κ1) is 13.1. The Labute approximate surface area is 97.8 Å². The first-order valence-corrected chi connectivity index (χ1v) is 6.04. The average Bonchev–Trinajstić information content (AvgIpc) is 2.64. The summed E-state index contributed by atoms with van der Waals surface area (Å²) in [5, 5.41) is 9.33. The summed E-state index contributed by atoms with van der Waals surface area (Å²) < 4.78 is 0. The van der Waals surface area contributed by atoms with Crippen LogP contribution in [0.2, 0.25) is 0 Å². The molecule has 0 aliphatic carbocycles. The number of likely N-dealkylation sites (tertiary alicyclic amines) is 1. The highest BCUT2D eigenvalue weighted by Crippen LogP contribution is 2.35. The maximum Gasteiger partial charge on any atom is 0.310 e. The molecule has 1 rings (SSSR count). The Morgan fingerprint density at radius 1 is 1.62 bits per heavy atom. The van der Waals surface area contributed by atoms with Crippen molar-refractivity contribution in [2.45, 2.75) is 39.0 Å². The molecule has 1 atom stereocenters. The largest absolute Gasteiger partial charge is 0.481 e. The first-order chi connectivity index (χ1) is 7.64. The van der Waals surface area contributed by atoms with E-state index in [0.29, 0.717) is 6.54 Å². The summed E-state index contributed by atoms with van der Waals surface area (Å²) in [5.74, 6) is 1.99. The third-order valence-electron chi connectivity index (χ3n) is 3.41. The molecule has 0 bridgehead atoms. The molecule has 0 aromatic rings. The van der Waals surface area contributed by atoms with Crippen molar-refractivity contribution in [1.29, 1.82) is 0 Å². The molecule has 1 saturated heterocycles. The van der Waals surface area contributed by atoms with Crippen molar-refractivity contribution in [2.75, 3.05) is 19.6 Å². The highest BCUT2D eigenvalue weighted by atomic mass is 16.4. The predicted octanol–water partition coefficient (Wildman–Crippen LogP) is 1.98. The van der Waals surface area contributed by atoms with Crippen molar-refractivity contribution >= 4 is 5.97 Å². The topological polar surface area (TPSA) is 40.5 Å². The molecule has 0 radical (unpaired) electrons. The zero-order valence-corrected chi connectivity index (χ0v) is 10.0. The molecule has 0 amide bonds. The highest BCUT2D eigenvalue weighted by Gasteiger charge is 2.43. The Bertz CT molecular complexity index is 282. The lowest BCUT2D eigenvalue weighted by molar-refractivity contribution is -0.148. The van der Waals surface area contributed by atoms with Gasteiger partial charge >= 0.3 is 5.97 Å². The minimum atomic E-state index is -0.631. The summed E-state index contributed by atoms with van der Waals surface area (Å²) in [5.41, 5.74) is -0.495. The molecular formula is C13H21NO2. The van der Waals surface area contributed by atoms with Crippen molar-refractivity contribution in [1.82, 2.24) is 4.90 Å². The molecule has 1 aliphatic heterocycles. The van der Waals surface area contributed by atoms with Crippen LogP contribution in [0.25, 0.3) is 0 Å². The molecule has 1 N–H and O–H groups in total. The van der Waals surface area contributed by atoms with E-state index >= 15 is 0 Å². The average molecular weight is 223 g/mol. The second-order valence-electron chi connectivity index (χ2n) is 4.67. The number of hydrogen-bond donors (Lipinski definition) is 1. The van der Waals surface area contributed by atoms with E-state index in [2.05, 4.69) is 10.8 Å². The van der Waals surface area contributed by atoms with Gasteiger partial charge in [-0.2, -0.15) is 0 Å². The molecule has 1 unspecified atom stereocenters. The first-order valence-electron chi connectivity index (χ1n) is 6.04. The van der Waals surface area contributed by atoms with E-state index in [1.807, 2.05) is 6.92 Å². The smallest absolute Gasteiger partial charge is 0.310 e. The van der Waals surface area contributed by atoms with E-state index in [4.69, 9.17) is 6.42 Å². The van der Waals surface area contributed by atoms with Crippen LogP contribution >= 0.6 is 0 Å². The van der Waals surface area contributed by atoms with Crippen molar-refractivity contribution in [2.24, 2.45) is 5.41 Å². The van der Waals surface area contributed by atoms with Crippen LogP contribution in [0, 0.1) is 17.8 Å². The Morgan fingerprint density at radius 2 is 2.38 bits per heavy atom. The number of rotatable bonds is 6. The fourth-order valence-corrected chi connectivity index (χ4v) is 2.52. The van der Waals surface area contributed by atoms with Crippen LogP contribution < -0.4 is 0 Å². The van der Waals surface area contributed by atoms with Crippen LogP contribution in [-0.2, 0) is 4.79 Å². The lowest BCUT2D eigenvalue weighted by Gasteiger charge is -2.24. The van der Waals surface area contributed by atoms with Crippen molar-refractivity contribution < 1.29 is 9.90 Å². The van der Waals surface area contributed by atoms with Gasteiger partial charge in [0.15, 0.2) is 0 Å². The number of terminal acetylenes is 1. The molecule has 1 heterocycles. The van der Waals surface area contributed by atoms with Crippen LogP contribution in [-0.4, -0.2) is 35.6 Å². The maximum atomic E-state index is 11.3. The third-order valence-corrected chi connectivity index (χ3v) is 3.41. The number of nitrogens with zero attached hydrogens (tertiary/aromatic N) is 1. The van der Waals surface area contributed by atoms with E-state index < -0.39 is 11.4 Å². The molecule has 1 fully saturated rings. The Hall–Kier alpha value is -1.01. The maximum absolute atomic E-state index is 11.3. The summed E-state index contributed by atoms with van der Waals surface area (Å²) in [4.78, 5) is 13.6. The van der Waals surface area contributed by atoms with Crippen LogP contribution in [0.5, 0.6) is 0 Å². The van der Waals surface area contributed by atoms with E-state index in [1.54, 1.807) is 0 Å². The quantitative estimate of drug-likeness (QED) is 0.553. The molecule has 0 spiro atoms. The van der Waals surface area contributed by atoms with Gasteiger partial charge in [-0.3, -0.25) is 4.79 Å². The summed E-state index contributed by atoms with van der Waals surface area (Å²) in [6, 6.07) is 0.